The third-order valence-electron chi connectivity index (χ3n) is 8.45. The lowest BCUT2D eigenvalue weighted by Gasteiger charge is -2.16. The fraction of sp³-hybridized carbons (Fsp3) is 0.0571. The summed E-state index contributed by atoms with van der Waals surface area (Å²) in [4.78, 5) is 10.7. The Morgan fingerprint density at radius 2 is 0.875 bits per heavy atom. The van der Waals surface area contributed by atoms with Crippen LogP contribution in [0.3, 0.4) is 0 Å². The topological polar surface area (TPSA) is 283 Å². The minimum absolute atomic E-state index is 0.0316. The monoisotopic (exact) mass is 842 g/mol. The zero-order chi connectivity index (χ0) is 41.0. The number of hydrogen-bond acceptors (Lipinski definition) is 11. The molecule has 0 bridgehead atoms. The van der Waals surface area contributed by atoms with Gasteiger partial charge in [-0.3, -0.25) is 18.5 Å². The van der Waals surface area contributed by atoms with Crippen molar-refractivity contribution in [3.8, 4) is 11.5 Å². The third-order valence-corrected chi connectivity index (χ3v) is 13.4. The molecule has 292 valence electrons. The van der Waals surface area contributed by atoms with Crippen LogP contribution in [0.2, 0.25) is 0 Å². The van der Waals surface area contributed by atoms with E-state index in [4.69, 9.17) is 0 Å². The van der Waals surface area contributed by atoms with Crippen molar-refractivity contribution in [1.82, 2.24) is 0 Å². The zero-order valence-electron chi connectivity index (χ0n) is 28.8. The van der Waals surface area contributed by atoms with Crippen molar-refractivity contribution in [1.29, 1.82) is 0 Å². The second kappa shape index (κ2) is 14.3. The number of phenols is 2. The number of carbonyl (C=O) groups excluding carboxylic acids is 1. The highest BCUT2D eigenvalue weighted by atomic mass is 32.2. The molecule has 56 heavy (non-hydrogen) atoms. The predicted molar refractivity (Wildman–Crippen MR) is 207 cm³/mol. The quantitative estimate of drug-likeness (QED) is 0.0763. The van der Waals surface area contributed by atoms with Gasteiger partial charge in [0.15, 0.2) is 0 Å². The summed E-state index contributed by atoms with van der Waals surface area (Å²) in [6.07, 6.45) is 0. The van der Waals surface area contributed by atoms with Gasteiger partial charge >= 0.3 is 6.03 Å². The molecule has 17 nitrogen and oxygen atoms in total. The molecular formula is C35H30N4O13S4. The molecular weight excluding hydrogens is 813 g/mol. The number of urea groups is 1. The van der Waals surface area contributed by atoms with Gasteiger partial charge in [0.05, 0.1) is 21.2 Å². The van der Waals surface area contributed by atoms with Crippen LogP contribution in [0.4, 0.5) is 27.5 Å². The van der Waals surface area contributed by atoms with Gasteiger partial charge in [-0.2, -0.15) is 16.8 Å². The number of phenolic OH excluding ortho intramolecular Hbond substituents is 2. The van der Waals surface area contributed by atoms with Gasteiger partial charge in [-0.15, -0.1) is 0 Å². The summed E-state index contributed by atoms with van der Waals surface area (Å²) in [6, 6.07) is 19.0. The van der Waals surface area contributed by atoms with Gasteiger partial charge in [0, 0.05) is 32.9 Å². The van der Waals surface area contributed by atoms with Crippen LogP contribution in [-0.4, -0.2) is 59.0 Å². The number of nitrogens with one attached hydrogen (secondary N) is 4. The molecule has 0 spiro atoms. The number of benzene rings is 6. The van der Waals surface area contributed by atoms with Crippen LogP contribution in [0.15, 0.2) is 117 Å². The highest BCUT2D eigenvalue weighted by molar-refractivity contribution is 7.93. The fourth-order valence-electron chi connectivity index (χ4n) is 5.97. The molecule has 0 aromatic heterocycles. The first-order valence-corrected chi connectivity index (χ1v) is 21.7. The van der Waals surface area contributed by atoms with E-state index in [2.05, 4.69) is 20.1 Å². The number of fused-ring (bicyclic) bond motifs is 2. The Hall–Kier alpha value is -5.97. The van der Waals surface area contributed by atoms with E-state index in [0.29, 0.717) is 0 Å². The average molecular weight is 843 g/mol. The number of sulfonamides is 2. The molecule has 0 fully saturated rings. The summed E-state index contributed by atoms with van der Waals surface area (Å²) in [5.74, 6) is -0.625. The summed E-state index contributed by atoms with van der Waals surface area (Å²) in [6.45, 7) is 2.87. The lowest BCUT2D eigenvalue weighted by Crippen LogP contribution is -2.21. The maximum Gasteiger partial charge on any atom is 0.323 e. The number of anilines is 4. The SMILES string of the molecule is Cc1ccc(NC(=O)Nc2ccc(C)c(S(=O)(=O)Nc3ccc4c(O)cccc4c3S(=O)(=O)O)c2)cc1S(=O)(=O)Nc1ccc2c(O)cccc2c1S(=O)(=O)O. The number of rotatable bonds is 10. The molecule has 8 N–H and O–H groups in total. The Labute approximate surface area is 320 Å². The summed E-state index contributed by atoms with van der Waals surface area (Å²) in [7, 11) is -19.3. The first-order chi connectivity index (χ1) is 26.1. The van der Waals surface area contributed by atoms with Gasteiger partial charge in [-0.25, -0.2) is 21.6 Å². The number of aromatic hydroxyl groups is 2. The first-order valence-electron chi connectivity index (χ1n) is 15.9. The maximum atomic E-state index is 13.6. The Kier molecular flexibility index (Phi) is 10.1. The van der Waals surface area contributed by atoms with Crippen LogP contribution < -0.4 is 20.1 Å². The lowest BCUT2D eigenvalue weighted by molar-refractivity contribution is 0.262. The molecule has 0 aliphatic carbocycles. The minimum atomic E-state index is -5.03. The van der Waals surface area contributed by atoms with Crippen molar-refractivity contribution < 1.29 is 57.8 Å². The van der Waals surface area contributed by atoms with Crippen molar-refractivity contribution in [2.24, 2.45) is 0 Å². The number of amides is 2. The molecule has 6 aromatic carbocycles. The van der Waals surface area contributed by atoms with Gasteiger partial charge in [0.2, 0.25) is 0 Å². The van der Waals surface area contributed by atoms with Gasteiger partial charge in [-0.05, 0) is 85.6 Å². The van der Waals surface area contributed by atoms with Crippen molar-refractivity contribution in [2.45, 2.75) is 33.4 Å². The maximum absolute atomic E-state index is 13.6. The number of aryl methyl sites for hydroxylation is 2. The standard InChI is InChI=1S/C35H30N4O13S4/c1-19-9-11-21(17-31(19)53(43,44)38-27-15-13-23-25(5-3-7-29(23)40)33(27)55(47,48)49)36-35(42)37-22-12-10-20(2)32(18-22)54(45,46)39-28-16-14-24-26(6-4-8-30(24)41)34(28)56(50,51)52/h3-18,38-41H,1-2H3,(H2,36,37,42)(H,47,48,49)(H,50,51,52). The summed E-state index contributed by atoms with van der Waals surface area (Å²) in [5.41, 5.74) is -0.806. The molecule has 21 heteroatoms. The van der Waals surface area contributed by atoms with E-state index in [0.717, 1.165) is 24.3 Å². The smallest absolute Gasteiger partial charge is 0.323 e. The molecule has 6 rings (SSSR count). The fourth-order valence-corrected chi connectivity index (χ4v) is 10.5. The molecule has 0 aliphatic rings. The number of hydrogen-bond donors (Lipinski definition) is 8. The van der Waals surface area contributed by atoms with Gasteiger partial charge in [0.25, 0.3) is 40.3 Å². The van der Waals surface area contributed by atoms with E-state index >= 15 is 0 Å². The van der Waals surface area contributed by atoms with E-state index in [1.54, 1.807) is 0 Å². The second-order valence-corrected chi connectivity index (χ2v) is 18.3. The zero-order valence-corrected chi connectivity index (χ0v) is 32.1. The first kappa shape index (κ1) is 39.7. The van der Waals surface area contributed by atoms with E-state index < -0.39 is 77.3 Å². The highest BCUT2D eigenvalue weighted by Gasteiger charge is 2.28. The van der Waals surface area contributed by atoms with Crippen LogP contribution in [0.1, 0.15) is 11.1 Å². The second-order valence-electron chi connectivity index (χ2n) is 12.3. The van der Waals surface area contributed by atoms with E-state index in [1.807, 2.05) is 0 Å². The molecule has 0 atom stereocenters. The molecule has 0 unspecified atom stereocenters. The van der Waals surface area contributed by atoms with Gasteiger partial charge in [-0.1, -0.05) is 36.4 Å². The van der Waals surface area contributed by atoms with E-state index in [9.17, 15) is 57.8 Å². The Bertz CT molecular complexity index is 2880. The minimum Gasteiger partial charge on any atom is -0.507 e. The third kappa shape index (κ3) is 7.89. The van der Waals surface area contributed by atoms with Crippen molar-refractivity contribution in [3.63, 3.8) is 0 Å². The normalized spacial score (nSPS) is 12.4. The van der Waals surface area contributed by atoms with E-state index in [-0.39, 0.29) is 55.5 Å². The van der Waals surface area contributed by atoms with Crippen LogP contribution in [0.5, 0.6) is 11.5 Å². The van der Waals surface area contributed by atoms with Crippen molar-refractivity contribution in [3.05, 3.63) is 108 Å². The average Bonchev–Trinajstić information content (AvgIpc) is 3.08. The van der Waals surface area contributed by atoms with Crippen LogP contribution >= 0.6 is 0 Å². The Balaban J connectivity index is 1.25. The molecule has 0 aliphatic heterocycles. The summed E-state index contributed by atoms with van der Waals surface area (Å²) in [5, 5.41) is 24.9. The van der Waals surface area contributed by atoms with Crippen molar-refractivity contribution in [2.75, 3.05) is 20.1 Å². The van der Waals surface area contributed by atoms with Gasteiger partial charge < -0.3 is 20.8 Å². The predicted octanol–water partition coefficient (Wildman–Crippen LogP) is 5.76. The molecule has 0 saturated carbocycles. The molecule has 0 heterocycles. The molecule has 6 aromatic rings. The number of carbonyl (C=O) groups is 1. The highest BCUT2D eigenvalue weighted by Crippen LogP contribution is 2.38. The molecule has 2 amide bonds. The largest absolute Gasteiger partial charge is 0.507 e. The summed E-state index contributed by atoms with van der Waals surface area (Å²) < 4.78 is 128. The lowest BCUT2D eigenvalue weighted by atomic mass is 10.1. The summed E-state index contributed by atoms with van der Waals surface area (Å²) >= 11 is 0. The Morgan fingerprint density at radius 1 is 0.500 bits per heavy atom. The van der Waals surface area contributed by atoms with Gasteiger partial charge in [0.1, 0.15) is 21.3 Å². The molecule has 0 saturated heterocycles. The Morgan fingerprint density at radius 3 is 1.23 bits per heavy atom. The van der Waals surface area contributed by atoms with Crippen LogP contribution in [0.25, 0.3) is 21.5 Å². The van der Waals surface area contributed by atoms with Crippen LogP contribution in [0, 0.1) is 13.8 Å². The van der Waals surface area contributed by atoms with E-state index in [1.165, 1.54) is 86.6 Å². The van der Waals surface area contributed by atoms with Crippen LogP contribution in [-0.2, 0) is 40.3 Å². The van der Waals surface area contributed by atoms with Crippen molar-refractivity contribution >= 4 is 90.6 Å². The molecule has 0 radical (unpaired) electrons.